The Morgan fingerprint density at radius 3 is 2.59 bits per heavy atom. The van der Waals surface area contributed by atoms with Gasteiger partial charge in [-0.3, -0.25) is 9.88 Å². The van der Waals surface area contributed by atoms with Crippen LogP contribution in [0.25, 0.3) is 10.9 Å². The standard InChI is InChI=1S/C22H26N4O/c1-16-23-10-11-25(16)15-22(27)12-19-7-8-20(13-22)26(19)14-18-5-2-4-17-6-3-9-24-21(17)18/h2-6,9-11,19-20,27H,7-8,12-15H2,1H3/t19-,20-/m0/s1. The fourth-order valence-corrected chi connectivity index (χ4v) is 5.18. The summed E-state index contributed by atoms with van der Waals surface area (Å²) in [6.45, 7) is 3.57. The number of hydrogen-bond donors (Lipinski definition) is 1. The van der Waals surface area contributed by atoms with Crippen LogP contribution in [0, 0.1) is 6.92 Å². The highest BCUT2D eigenvalue weighted by Gasteiger charge is 2.47. The van der Waals surface area contributed by atoms with Gasteiger partial charge in [0.1, 0.15) is 5.82 Å². The Kier molecular flexibility index (Phi) is 4.02. The van der Waals surface area contributed by atoms with E-state index in [4.69, 9.17) is 0 Å². The minimum Gasteiger partial charge on any atom is -0.388 e. The van der Waals surface area contributed by atoms with E-state index in [1.807, 2.05) is 31.6 Å². The van der Waals surface area contributed by atoms with Crippen molar-refractivity contribution in [3.05, 3.63) is 60.3 Å². The molecular formula is C22H26N4O. The smallest absolute Gasteiger partial charge is 0.105 e. The van der Waals surface area contributed by atoms with Crippen LogP contribution in [0.2, 0.25) is 0 Å². The minimum atomic E-state index is -0.634. The average Bonchev–Trinajstić information content (AvgIpc) is 3.16. The number of benzene rings is 1. The molecule has 27 heavy (non-hydrogen) atoms. The Bertz CT molecular complexity index is 946. The molecule has 0 spiro atoms. The third kappa shape index (κ3) is 3.05. The molecule has 2 saturated heterocycles. The van der Waals surface area contributed by atoms with Crippen molar-refractivity contribution >= 4 is 10.9 Å². The zero-order chi connectivity index (χ0) is 18.4. The first-order chi connectivity index (χ1) is 13.1. The van der Waals surface area contributed by atoms with Crippen molar-refractivity contribution in [3.63, 3.8) is 0 Å². The van der Waals surface area contributed by atoms with Gasteiger partial charge in [-0.05, 0) is 44.2 Å². The van der Waals surface area contributed by atoms with Crippen molar-refractivity contribution in [2.24, 2.45) is 0 Å². The summed E-state index contributed by atoms with van der Waals surface area (Å²) >= 11 is 0. The Labute approximate surface area is 159 Å². The molecule has 0 radical (unpaired) electrons. The third-order valence-corrected chi connectivity index (χ3v) is 6.46. The molecule has 1 N–H and O–H groups in total. The molecular weight excluding hydrogens is 336 g/mol. The zero-order valence-corrected chi connectivity index (χ0v) is 15.8. The second-order valence-electron chi connectivity index (χ2n) is 8.28. The number of rotatable bonds is 4. The molecule has 2 fully saturated rings. The van der Waals surface area contributed by atoms with Crippen LogP contribution in [0.3, 0.4) is 0 Å². The quantitative estimate of drug-likeness (QED) is 0.774. The number of imidazole rings is 1. The summed E-state index contributed by atoms with van der Waals surface area (Å²) in [5.74, 6) is 0.972. The van der Waals surface area contributed by atoms with Gasteiger partial charge in [-0.2, -0.15) is 0 Å². The molecule has 0 amide bonds. The first-order valence-electron chi connectivity index (χ1n) is 9.90. The lowest BCUT2D eigenvalue weighted by molar-refractivity contribution is -0.0653. The van der Waals surface area contributed by atoms with Crippen LogP contribution in [0.15, 0.2) is 48.9 Å². The summed E-state index contributed by atoms with van der Waals surface area (Å²) in [5.41, 5.74) is 1.76. The summed E-state index contributed by atoms with van der Waals surface area (Å²) < 4.78 is 2.09. The van der Waals surface area contributed by atoms with E-state index in [0.29, 0.717) is 18.6 Å². The van der Waals surface area contributed by atoms with Gasteiger partial charge < -0.3 is 9.67 Å². The predicted octanol–water partition coefficient (Wildman–Crippen LogP) is 3.30. The highest BCUT2D eigenvalue weighted by atomic mass is 16.3. The van der Waals surface area contributed by atoms with Crippen LogP contribution in [0.5, 0.6) is 0 Å². The van der Waals surface area contributed by atoms with Crippen LogP contribution >= 0.6 is 0 Å². The topological polar surface area (TPSA) is 54.2 Å². The maximum Gasteiger partial charge on any atom is 0.105 e. The fourth-order valence-electron chi connectivity index (χ4n) is 5.18. The van der Waals surface area contributed by atoms with E-state index in [-0.39, 0.29) is 0 Å². The average molecular weight is 362 g/mol. The van der Waals surface area contributed by atoms with Crippen molar-refractivity contribution < 1.29 is 5.11 Å². The van der Waals surface area contributed by atoms with Gasteiger partial charge in [0.15, 0.2) is 0 Å². The van der Waals surface area contributed by atoms with Crippen molar-refractivity contribution in [1.82, 2.24) is 19.4 Å². The van der Waals surface area contributed by atoms with Gasteiger partial charge in [0.05, 0.1) is 17.7 Å². The van der Waals surface area contributed by atoms with Gasteiger partial charge >= 0.3 is 0 Å². The Morgan fingerprint density at radius 1 is 1.07 bits per heavy atom. The summed E-state index contributed by atoms with van der Waals surface area (Å²) in [6, 6.07) is 11.5. The van der Waals surface area contributed by atoms with Gasteiger partial charge in [-0.15, -0.1) is 0 Å². The lowest BCUT2D eigenvalue weighted by atomic mass is 9.85. The lowest BCUT2D eigenvalue weighted by Crippen LogP contribution is -2.52. The number of aromatic nitrogens is 3. The summed E-state index contributed by atoms with van der Waals surface area (Å²) in [7, 11) is 0. The Morgan fingerprint density at radius 2 is 1.85 bits per heavy atom. The summed E-state index contributed by atoms with van der Waals surface area (Å²) in [4.78, 5) is 11.5. The van der Waals surface area contributed by atoms with Gasteiger partial charge in [0.25, 0.3) is 0 Å². The number of pyridine rings is 1. The van der Waals surface area contributed by atoms with Gasteiger partial charge in [-0.25, -0.2) is 4.98 Å². The zero-order valence-electron chi connectivity index (χ0n) is 15.8. The number of nitrogens with zero attached hydrogens (tertiary/aromatic N) is 4. The van der Waals surface area contributed by atoms with E-state index in [2.05, 4.69) is 43.7 Å². The SMILES string of the molecule is Cc1nccn1CC1(O)C[C@@H]2CC[C@@H](C1)N2Cc1cccc2cccnc12. The number of fused-ring (bicyclic) bond motifs is 3. The maximum atomic E-state index is 11.3. The summed E-state index contributed by atoms with van der Waals surface area (Å²) in [5, 5.41) is 12.5. The molecule has 3 aromatic rings. The molecule has 2 aliphatic heterocycles. The monoisotopic (exact) mass is 362 g/mol. The van der Waals surface area contributed by atoms with E-state index in [0.717, 1.165) is 30.7 Å². The van der Waals surface area contributed by atoms with E-state index in [1.165, 1.54) is 23.8 Å². The molecule has 2 atom stereocenters. The van der Waals surface area contributed by atoms with Crippen LogP contribution in [0.1, 0.15) is 37.1 Å². The molecule has 2 aromatic heterocycles. The Balaban J connectivity index is 1.37. The van der Waals surface area contributed by atoms with E-state index in [1.54, 1.807) is 0 Å². The second-order valence-corrected chi connectivity index (χ2v) is 8.28. The van der Waals surface area contributed by atoms with Crippen molar-refractivity contribution in [2.75, 3.05) is 0 Å². The number of hydrogen-bond acceptors (Lipinski definition) is 4. The normalized spacial score (nSPS) is 28.1. The van der Waals surface area contributed by atoms with E-state index < -0.39 is 5.60 Å². The molecule has 5 nitrogen and oxygen atoms in total. The fraction of sp³-hybridized carbons (Fsp3) is 0.455. The van der Waals surface area contributed by atoms with Gasteiger partial charge in [0, 0.05) is 42.6 Å². The Hall–Kier alpha value is -2.24. The molecule has 5 heteroatoms. The van der Waals surface area contributed by atoms with Crippen LogP contribution in [0.4, 0.5) is 0 Å². The number of piperidine rings is 1. The number of para-hydroxylation sites is 1. The minimum absolute atomic E-state index is 0.441. The highest BCUT2D eigenvalue weighted by molar-refractivity contribution is 5.81. The predicted molar refractivity (Wildman–Crippen MR) is 105 cm³/mol. The van der Waals surface area contributed by atoms with Crippen LogP contribution in [-0.4, -0.2) is 42.2 Å². The van der Waals surface area contributed by atoms with Crippen LogP contribution < -0.4 is 0 Å². The lowest BCUT2D eigenvalue weighted by Gasteiger charge is -2.44. The molecule has 140 valence electrons. The molecule has 4 heterocycles. The molecule has 2 aliphatic rings. The third-order valence-electron chi connectivity index (χ3n) is 6.46. The molecule has 0 aliphatic carbocycles. The second kappa shape index (κ2) is 6.43. The molecule has 1 aromatic carbocycles. The van der Waals surface area contributed by atoms with E-state index >= 15 is 0 Å². The van der Waals surface area contributed by atoms with Gasteiger partial charge in [0.2, 0.25) is 0 Å². The molecule has 5 rings (SSSR count). The van der Waals surface area contributed by atoms with Gasteiger partial charge in [-0.1, -0.05) is 24.3 Å². The molecule has 2 bridgehead atoms. The van der Waals surface area contributed by atoms with Crippen molar-refractivity contribution in [3.8, 4) is 0 Å². The first kappa shape index (κ1) is 16.9. The molecule has 0 unspecified atom stereocenters. The summed E-state index contributed by atoms with van der Waals surface area (Å²) in [6.07, 6.45) is 9.68. The maximum absolute atomic E-state index is 11.3. The number of aliphatic hydroxyl groups is 1. The first-order valence-corrected chi connectivity index (χ1v) is 9.90. The van der Waals surface area contributed by atoms with Crippen molar-refractivity contribution in [2.45, 2.75) is 63.4 Å². The number of aryl methyl sites for hydroxylation is 1. The molecule has 0 saturated carbocycles. The highest BCUT2D eigenvalue weighted by Crippen LogP contribution is 2.42. The largest absolute Gasteiger partial charge is 0.388 e. The van der Waals surface area contributed by atoms with E-state index in [9.17, 15) is 5.11 Å². The van der Waals surface area contributed by atoms with Crippen LogP contribution in [-0.2, 0) is 13.1 Å². The van der Waals surface area contributed by atoms with Crippen molar-refractivity contribution in [1.29, 1.82) is 0 Å².